The molecule has 0 radical (unpaired) electrons. The minimum atomic E-state index is -0.931. The van der Waals surface area contributed by atoms with E-state index in [0.29, 0.717) is 21.7 Å². The Morgan fingerprint density at radius 2 is 0.389 bits per heavy atom. The van der Waals surface area contributed by atoms with Crippen molar-refractivity contribution in [2.24, 2.45) is 164 Å². The molecule has 24 aliphatic rings. The van der Waals surface area contributed by atoms with Crippen LogP contribution in [0.3, 0.4) is 0 Å². The SMILES string of the molecule is CC1CC2C3=C(CCCC3)C3=C(CC(C)(C)C3)C2C1CC1C(C)CC2C3=C(CCCC3)C3=C(CC(C)(C)C3)C21.CC1CC2C3=C(CCCC3)C3=C(CC(C)(C)C3)C2C1C[N-]C(C)(C)C.CC1CC2C3=C(CCCC3)C3=C(CC(C)(C)C3)C2C1C[N-]C(C)(C)C.CC1CC2C3=C(CCCC3)C3=C(CCCC3)C2C1CC1C(C)CC2C3=C(CCCC3)C3=C(CCCC3)C21.[CH3-].[CH3-].[CH3-].[CH3-].[CH3-].[CH3-].[CH3-].[CH3-].[Cl][Ti][Cl].[Cl][Zn][Cl].[Cl][Zn][Cl].[Ti+4]. The fourth-order valence-corrected chi connectivity index (χ4v) is 37.9. The van der Waals surface area contributed by atoms with Crippen molar-refractivity contribution < 1.29 is 69.0 Å². The molecule has 0 saturated heterocycles. The van der Waals surface area contributed by atoms with Crippen LogP contribution >= 0.6 is 57.4 Å². The van der Waals surface area contributed by atoms with E-state index in [4.69, 9.17) is 68.0 Å². The number of halogens is 6. The van der Waals surface area contributed by atoms with Gasteiger partial charge in [-0.3, -0.25) is 0 Å². The van der Waals surface area contributed by atoms with Gasteiger partial charge in [-0.25, -0.2) is 0 Å². The summed E-state index contributed by atoms with van der Waals surface area (Å²) in [5, 5.41) is 10.2. The monoisotopic (exact) mass is 2260 g/mol. The smallest absolute Gasteiger partial charge is 4.00 e. The van der Waals surface area contributed by atoms with Gasteiger partial charge in [0, 0.05) is 0 Å². The third-order valence-corrected chi connectivity index (χ3v) is 42.4. The van der Waals surface area contributed by atoms with Crippen molar-refractivity contribution in [3.05, 3.63) is 204 Å². The summed E-state index contributed by atoms with van der Waals surface area (Å²) in [5.41, 5.74) is 48.3. The number of rotatable bonds is 8. The Balaban J connectivity index is 0.000000207. The average Bonchev–Trinajstić information content (AvgIpc) is 1.56. The molecule has 0 bridgehead atoms. The summed E-state index contributed by atoms with van der Waals surface area (Å²) in [7, 11) is 29.6. The van der Waals surface area contributed by atoms with Crippen molar-refractivity contribution in [3.63, 3.8) is 0 Å². The quantitative estimate of drug-likeness (QED) is 0.171. The van der Waals surface area contributed by atoms with Crippen LogP contribution in [0.2, 0.25) is 0 Å². The average molecular weight is 2260 g/mol. The first-order valence-corrected chi connectivity index (χ1v) is 77.5. The van der Waals surface area contributed by atoms with Gasteiger partial charge in [-0.2, -0.15) is 0 Å². The number of hydrogen-bond donors (Lipinski definition) is 0. The molecule has 0 aromatic heterocycles. The molecule has 24 rings (SSSR count). The molecule has 806 valence electrons. The first-order valence-electron chi connectivity index (χ1n) is 57.6. The molecule has 0 aromatic carbocycles. The molecule has 0 N–H and O–H groups in total. The van der Waals surface area contributed by atoms with Gasteiger partial charge in [-0.15, -0.1) is 24.2 Å². The van der Waals surface area contributed by atoms with E-state index in [0.717, 1.165) is 155 Å². The second-order valence-corrected chi connectivity index (χ2v) is 67.4. The largest absolute Gasteiger partial charge is 4.00 e. The molecule has 0 spiro atoms. The molecule has 144 heavy (non-hydrogen) atoms. The summed E-state index contributed by atoms with van der Waals surface area (Å²) < 4.78 is 0. The van der Waals surface area contributed by atoms with Gasteiger partial charge in [0.15, 0.2) is 0 Å². The van der Waals surface area contributed by atoms with Gasteiger partial charge in [-0.05, 0) is 527 Å². The Bertz CT molecular complexity index is 4500. The van der Waals surface area contributed by atoms with Crippen LogP contribution in [0.5, 0.6) is 0 Å². The van der Waals surface area contributed by atoms with E-state index in [1.54, 1.807) is 6.42 Å². The Morgan fingerprint density at radius 3 is 0.576 bits per heavy atom. The van der Waals surface area contributed by atoms with Crippen LogP contribution in [0, 0.1) is 223 Å². The molecular formula is C132H208Cl6N2Ti2Zn2-6. The second-order valence-electron chi connectivity index (χ2n) is 55.6. The fraction of sp³-hybridized carbons (Fsp3) is 0.758. The van der Waals surface area contributed by atoms with E-state index >= 15 is 0 Å². The topological polar surface area (TPSA) is 28.2 Å². The van der Waals surface area contributed by atoms with Gasteiger partial charge in [0.1, 0.15) is 0 Å². The Hall–Kier alpha value is 1.22. The minimum Gasteiger partial charge on any atom is 4.00 e. The maximum Gasteiger partial charge on any atom is 4.00 e. The van der Waals surface area contributed by atoms with Gasteiger partial charge >= 0.3 is 126 Å². The van der Waals surface area contributed by atoms with E-state index in [1.807, 2.05) is 134 Å². The molecule has 24 atom stereocenters. The van der Waals surface area contributed by atoms with Crippen molar-refractivity contribution in [1.82, 2.24) is 0 Å². The minimum absolute atomic E-state index is 0. The maximum atomic E-state index is 5.10. The third-order valence-electron chi connectivity index (χ3n) is 42.4. The third kappa shape index (κ3) is 26.1. The molecule has 0 aliphatic heterocycles. The van der Waals surface area contributed by atoms with Crippen molar-refractivity contribution in [2.45, 2.75) is 458 Å². The summed E-state index contributed by atoms with van der Waals surface area (Å²) in [6.07, 6.45) is 68.8. The zero-order valence-electron chi connectivity index (χ0n) is 97.8. The van der Waals surface area contributed by atoms with E-state index in [2.05, 4.69) is 138 Å². The molecule has 0 amide bonds. The Labute approximate surface area is 955 Å². The molecule has 0 heterocycles. The van der Waals surface area contributed by atoms with E-state index < -0.39 is 47.3 Å². The number of fused-ring (bicyclic) bond motifs is 24. The van der Waals surface area contributed by atoms with E-state index in [1.165, 1.54) is 302 Å². The first kappa shape index (κ1) is 129. The van der Waals surface area contributed by atoms with Crippen LogP contribution in [-0.4, -0.2) is 24.2 Å². The van der Waals surface area contributed by atoms with E-state index in [-0.39, 0.29) is 92.2 Å². The molecule has 24 unspecified atom stereocenters. The predicted molar refractivity (Wildman–Crippen MR) is 621 cm³/mol. The van der Waals surface area contributed by atoms with Crippen molar-refractivity contribution in [2.75, 3.05) is 13.1 Å². The second kappa shape index (κ2) is 53.0. The Kier molecular flexibility index (Phi) is 47.4. The van der Waals surface area contributed by atoms with Crippen molar-refractivity contribution in [3.8, 4) is 0 Å². The summed E-state index contributed by atoms with van der Waals surface area (Å²) in [5.74, 6) is 21.3. The molecule has 0 aromatic rings. The van der Waals surface area contributed by atoms with Crippen LogP contribution in [0.1, 0.15) is 447 Å². The number of hydrogen-bond acceptors (Lipinski definition) is 0. The molecule has 6 saturated carbocycles. The van der Waals surface area contributed by atoms with Gasteiger partial charge in [-0.1, -0.05) is 217 Å². The predicted octanol–water partition coefficient (Wildman–Crippen LogP) is 43.6. The van der Waals surface area contributed by atoms with Crippen LogP contribution in [0.25, 0.3) is 10.6 Å². The molecule has 2 nitrogen and oxygen atoms in total. The van der Waals surface area contributed by atoms with Gasteiger partial charge in [0.05, 0.1) is 0 Å². The zero-order valence-corrected chi connectivity index (χ0v) is 111. The van der Waals surface area contributed by atoms with Gasteiger partial charge in [0.2, 0.25) is 0 Å². The summed E-state index contributed by atoms with van der Waals surface area (Å²) >= 11 is -2.42. The summed E-state index contributed by atoms with van der Waals surface area (Å²) in [6.45, 7) is 51.8. The van der Waals surface area contributed by atoms with E-state index in [9.17, 15) is 0 Å². The molecule has 24 aliphatic carbocycles. The van der Waals surface area contributed by atoms with Gasteiger partial charge < -0.3 is 70.0 Å². The van der Waals surface area contributed by atoms with Crippen molar-refractivity contribution >= 4 is 57.4 Å². The molecule has 6 fully saturated rings. The standard InChI is InChI=1S/C39H56.C37H52.2C24H38N.8CH3.6ClH.2Ti.2Zn/c1-22-15-30-24-11-7-9-13-26(24)32-18-38(3,4)20-34(32)36(30)28(22)17-29-23(2)16-31-25-12-8-10-14-27(25)33-19-39(5,6)21-35(33)37(29)31;1-22-19-34-28-15-5-3-11-24(28)26-13-7-9-17-30(26)36(34)32(22)21-33-23(2)20-35-29-16-6-4-12-25(29)27-14-8-10-18-31(27)37(33)35;2*1-15-11-18-16-9-7-8-10-17(16)19-12-24(5,6)13-20(19)22(18)21(15)14-25-23(2,3)4;;;;;;;;;;;;;;;;;;/h22-23,28-31,36-37H,7-21H2,1-6H3;22-23,32-37H,3-21H2,1-2H3;2*15,18,21-22H,7-14H2,1-6H3;8*1H3;6*1H;;;;/q;;10*-1;;;;;;;+2;+4;2*+2/p-6. The zero-order chi connectivity index (χ0) is 95.6. The maximum absolute atomic E-state index is 5.10. The summed E-state index contributed by atoms with van der Waals surface area (Å²) in [6, 6.07) is 0. The fourth-order valence-electron chi connectivity index (χ4n) is 37.9. The Morgan fingerprint density at radius 1 is 0.243 bits per heavy atom. The van der Waals surface area contributed by atoms with Crippen LogP contribution in [0.4, 0.5) is 0 Å². The molecular weight excluding hydrogens is 2050 g/mol. The van der Waals surface area contributed by atoms with Crippen molar-refractivity contribution in [1.29, 1.82) is 0 Å². The van der Waals surface area contributed by atoms with Gasteiger partial charge in [0.25, 0.3) is 0 Å². The number of nitrogens with zero attached hydrogens (tertiary/aromatic N) is 2. The van der Waals surface area contributed by atoms with Crippen LogP contribution < -0.4 is 0 Å². The first-order chi connectivity index (χ1) is 64.4. The van der Waals surface area contributed by atoms with Crippen LogP contribution in [-0.2, 0) is 69.0 Å². The van der Waals surface area contributed by atoms with Crippen LogP contribution in [0.15, 0.2) is 134 Å². The normalized spacial score (nSPS) is 36.2. The molecule has 12 heteroatoms. The summed E-state index contributed by atoms with van der Waals surface area (Å²) in [4.78, 5) is 0. The number of allylic oxidation sites excluding steroid dienone is 24.